The van der Waals surface area contributed by atoms with E-state index in [0.717, 1.165) is 6.07 Å². The Balaban J connectivity index is 3.25. The summed E-state index contributed by atoms with van der Waals surface area (Å²) in [5, 5.41) is 26.1. The van der Waals surface area contributed by atoms with Gasteiger partial charge < -0.3 is 15.3 Å². The van der Waals surface area contributed by atoms with Gasteiger partial charge in [0.25, 0.3) is 0 Å². The minimum atomic E-state index is -1.31. The van der Waals surface area contributed by atoms with Crippen molar-refractivity contribution in [2.24, 2.45) is 0 Å². The molecule has 4 nitrogen and oxygen atoms in total. The molecular formula is C8H6ClFO4. The van der Waals surface area contributed by atoms with Crippen molar-refractivity contribution in [3.8, 4) is 11.5 Å². The van der Waals surface area contributed by atoms with Gasteiger partial charge in [0.1, 0.15) is 0 Å². The highest BCUT2D eigenvalue weighted by molar-refractivity contribution is 6.32. The molecule has 0 heterocycles. The third-order valence-electron chi connectivity index (χ3n) is 1.59. The van der Waals surface area contributed by atoms with E-state index in [2.05, 4.69) is 0 Å². The summed E-state index contributed by atoms with van der Waals surface area (Å²) in [7, 11) is 0. The van der Waals surface area contributed by atoms with Crippen LogP contribution in [0.1, 0.15) is 5.56 Å². The van der Waals surface area contributed by atoms with Crippen molar-refractivity contribution in [3.63, 3.8) is 0 Å². The Labute approximate surface area is 83.2 Å². The lowest BCUT2D eigenvalue weighted by Gasteiger charge is -2.05. The van der Waals surface area contributed by atoms with Crippen LogP contribution in [0, 0.1) is 5.82 Å². The summed E-state index contributed by atoms with van der Waals surface area (Å²) in [5.74, 6) is -4.33. The molecule has 0 amide bonds. The zero-order chi connectivity index (χ0) is 10.9. The monoisotopic (exact) mass is 220 g/mol. The van der Waals surface area contributed by atoms with Gasteiger partial charge in [-0.1, -0.05) is 11.6 Å². The first-order valence-electron chi connectivity index (χ1n) is 3.54. The summed E-state index contributed by atoms with van der Waals surface area (Å²) in [4.78, 5) is 10.3. The molecule has 1 aromatic rings. The zero-order valence-electron chi connectivity index (χ0n) is 6.79. The van der Waals surface area contributed by atoms with Gasteiger partial charge in [0.2, 0.25) is 5.82 Å². The van der Waals surface area contributed by atoms with E-state index >= 15 is 0 Å². The molecule has 1 aromatic carbocycles. The molecule has 76 valence electrons. The molecule has 0 radical (unpaired) electrons. The first-order chi connectivity index (χ1) is 6.43. The van der Waals surface area contributed by atoms with Crippen LogP contribution in [0.3, 0.4) is 0 Å². The van der Waals surface area contributed by atoms with Crippen LogP contribution in [0.5, 0.6) is 11.5 Å². The van der Waals surface area contributed by atoms with Crippen LogP contribution in [0.2, 0.25) is 5.02 Å². The zero-order valence-corrected chi connectivity index (χ0v) is 7.55. The Bertz CT molecular complexity index is 391. The second kappa shape index (κ2) is 3.71. The number of rotatable bonds is 2. The fourth-order valence-electron chi connectivity index (χ4n) is 0.945. The van der Waals surface area contributed by atoms with Crippen molar-refractivity contribution in [1.82, 2.24) is 0 Å². The number of carboxylic acid groups (broad SMARTS) is 1. The third-order valence-corrected chi connectivity index (χ3v) is 1.88. The van der Waals surface area contributed by atoms with E-state index in [4.69, 9.17) is 26.9 Å². The van der Waals surface area contributed by atoms with Gasteiger partial charge in [-0.25, -0.2) is 0 Å². The van der Waals surface area contributed by atoms with Crippen LogP contribution in [0.15, 0.2) is 6.07 Å². The molecule has 3 N–H and O–H groups in total. The average molecular weight is 221 g/mol. The first-order valence-corrected chi connectivity index (χ1v) is 3.92. The number of halogens is 2. The predicted molar refractivity (Wildman–Crippen MR) is 46.1 cm³/mol. The highest BCUT2D eigenvalue weighted by Gasteiger charge is 2.17. The van der Waals surface area contributed by atoms with E-state index in [0.29, 0.717) is 0 Å². The highest BCUT2D eigenvalue weighted by Crippen LogP contribution is 2.35. The van der Waals surface area contributed by atoms with E-state index in [1.54, 1.807) is 0 Å². The minimum absolute atomic E-state index is 0.183. The van der Waals surface area contributed by atoms with Crippen molar-refractivity contribution in [2.45, 2.75) is 6.42 Å². The van der Waals surface area contributed by atoms with Crippen molar-refractivity contribution < 1.29 is 24.5 Å². The van der Waals surface area contributed by atoms with Crippen molar-refractivity contribution >= 4 is 17.6 Å². The molecule has 0 atom stereocenters. The lowest BCUT2D eigenvalue weighted by Crippen LogP contribution is -2.01. The molecule has 0 aliphatic rings. The van der Waals surface area contributed by atoms with E-state index < -0.39 is 29.7 Å². The molecule has 0 aliphatic carbocycles. The van der Waals surface area contributed by atoms with Gasteiger partial charge in [0.15, 0.2) is 11.5 Å². The largest absolute Gasteiger partial charge is 0.505 e. The predicted octanol–water partition coefficient (Wildman–Crippen LogP) is 1.52. The maximum Gasteiger partial charge on any atom is 0.307 e. The van der Waals surface area contributed by atoms with Crippen LogP contribution < -0.4 is 0 Å². The molecule has 1 rings (SSSR count). The standard InChI is InChI=1S/C8H6ClFO4/c9-4-1-3(2-5(11)12)7(13)6(10)8(4)14/h1,13-14H,2H2,(H,11,12). The lowest BCUT2D eigenvalue weighted by molar-refractivity contribution is -0.136. The summed E-state index contributed by atoms with van der Waals surface area (Å²) >= 11 is 5.38. The quantitative estimate of drug-likeness (QED) is 0.706. The van der Waals surface area contributed by atoms with Gasteiger partial charge in [0.05, 0.1) is 11.4 Å². The summed E-state index contributed by atoms with van der Waals surface area (Å²) in [5.41, 5.74) is -0.183. The van der Waals surface area contributed by atoms with Crippen molar-refractivity contribution in [1.29, 1.82) is 0 Å². The van der Waals surface area contributed by atoms with Gasteiger partial charge in [-0.2, -0.15) is 4.39 Å². The van der Waals surface area contributed by atoms with E-state index in [1.807, 2.05) is 0 Å². The summed E-state index contributed by atoms with van der Waals surface area (Å²) in [6.45, 7) is 0. The normalized spacial score (nSPS) is 10.1. The van der Waals surface area contributed by atoms with Gasteiger partial charge in [-0.15, -0.1) is 0 Å². The van der Waals surface area contributed by atoms with Gasteiger partial charge in [-0.3, -0.25) is 4.79 Å². The summed E-state index contributed by atoms with van der Waals surface area (Å²) in [6, 6.07) is 1.00. The molecule has 0 saturated carbocycles. The topological polar surface area (TPSA) is 77.8 Å². The first kappa shape index (κ1) is 10.6. The number of aromatic hydroxyl groups is 2. The number of aliphatic carboxylic acids is 1. The summed E-state index contributed by atoms with van der Waals surface area (Å²) < 4.78 is 12.9. The molecule has 0 aromatic heterocycles. The molecule has 0 bridgehead atoms. The molecule has 14 heavy (non-hydrogen) atoms. The highest BCUT2D eigenvalue weighted by atomic mass is 35.5. The number of benzene rings is 1. The van der Waals surface area contributed by atoms with Gasteiger partial charge in [-0.05, 0) is 6.07 Å². The van der Waals surface area contributed by atoms with Crippen molar-refractivity contribution in [3.05, 3.63) is 22.5 Å². The molecule has 0 saturated heterocycles. The van der Waals surface area contributed by atoms with E-state index in [-0.39, 0.29) is 10.6 Å². The van der Waals surface area contributed by atoms with Crippen LogP contribution in [0.4, 0.5) is 4.39 Å². The Kier molecular flexibility index (Phi) is 2.81. The maximum absolute atomic E-state index is 12.9. The lowest BCUT2D eigenvalue weighted by atomic mass is 10.1. The number of phenols is 2. The minimum Gasteiger partial charge on any atom is -0.505 e. The number of phenolic OH excluding ortho intramolecular Hbond substituents is 2. The summed E-state index contributed by atoms with van der Waals surface area (Å²) in [6.07, 6.45) is -0.567. The molecule has 6 heteroatoms. The van der Waals surface area contributed by atoms with Gasteiger partial charge in [0, 0.05) is 5.56 Å². The fourth-order valence-corrected chi connectivity index (χ4v) is 1.16. The second-order valence-corrected chi connectivity index (χ2v) is 3.01. The molecule has 0 aliphatic heterocycles. The number of carbonyl (C=O) groups is 1. The number of hydrogen-bond donors (Lipinski definition) is 3. The van der Waals surface area contributed by atoms with Crippen molar-refractivity contribution in [2.75, 3.05) is 0 Å². The molecule has 0 fully saturated rings. The Morgan fingerprint density at radius 2 is 2.00 bits per heavy atom. The molecule has 0 spiro atoms. The Morgan fingerprint density at radius 3 is 2.50 bits per heavy atom. The molecular weight excluding hydrogens is 215 g/mol. The van der Waals surface area contributed by atoms with Gasteiger partial charge >= 0.3 is 5.97 Å². The maximum atomic E-state index is 12.9. The average Bonchev–Trinajstić information content (AvgIpc) is 2.10. The Hall–Kier alpha value is -1.49. The fraction of sp³-hybridized carbons (Fsp3) is 0.125. The van der Waals surface area contributed by atoms with E-state index in [9.17, 15) is 9.18 Å². The number of carboxylic acids is 1. The molecule has 0 unspecified atom stereocenters. The smallest absolute Gasteiger partial charge is 0.307 e. The third kappa shape index (κ3) is 1.88. The van der Waals surface area contributed by atoms with Crippen LogP contribution in [-0.2, 0) is 11.2 Å². The van der Waals surface area contributed by atoms with Crippen LogP contribution >= 0.6 is 11.6 Å². The van der Waals surface area contributed by atoms with Crippen LogP contribution in [-0.4, -0.2) is 21.3 Å². The Morgan fingerprint density at radius 1 is 1.43 bits per heavy atom. The second-order valence-electron chi connectivity index (χ2n) is 2.60. The van der Waals surface area contributed by atoms with Crippen LogP contribution in [0.25, 0.3) is 0 Å². The number of hydrogen-bond acceptors (Lipinski definition) is 3. The SMILES string of the molecule is O=C(O)Cc1cc(Cl)c(O)c(F)c1O. The van der Waals surface area contributed by atoms with E-state index in [1.165, 1.54) is 0 Å².